The van der Waals surface area contributed by atoms with Crippen LogP contribution >= 0.6 is 0 Å². The molecule has 0 aliphatic rings. The van der Waals surface area contributed by atoms with Crippen LogP contribution in [0.5, 0.6) is 11.5 Å². The van der Waals surface area contributed by atoms with Gasteiger partial charge in [-0.1, -0.05) is 88.4 Å². The molecular formula is C27H33NO2. The highest BCUT2D eigenvalue weighted by Gasteiger charge is 2.15. The molecule has 3 aromatic rings. The van der Waals surface area contributed by atoms with E-state index in [1.165, 1.54) is 0 Å². The average Bonchev–Trinajstić information content (AvgIpc) is 2.81. The van der Waals surface area contributed by atoms with Gasteiger partial charge in [-0.2, -0.15) is 0 Å². The first-order chi connectivity index (χ1) is 14.6. The molecule has 0 fully saturated rings. The summed E-state index contributed by atoms with van der Waals surface area (Å²) in [6.07, 6.45) is 1.85. The SMILES string of the molecule is CC.CC.CN(C)/C=C(/C(=O)c1cccc(Oc2ccccc2)c1)c1ccccc1. The van der Waals surface area contributed by atoms with Crippen molar-refractivity contribution in [1.82, 2.24) is 4.90 Å². The number of para-hydroxylation sites is 1. The van der Waals surface area contributed by atoms with E-state index in [-0.39, 0.29) is 5.78 Å². The summed E-state index contributed by atoms with van der Waals surface area (Å²) in [5, 5.41) is 0. The first-order valence-electron chi connectivity index (χ1n) is 10.4. The summed E-state index contributed by atoms with van der Waals surface area (Å²) in [6, 6.07) is 26.5. The second-order valence-electron chi connectivity index (χ2n) is 6.14. The zero-order valence-corrected chi connectivity index (χ0v) is 18.9. The highest BCUT2D eigenvalue weighted by molar-refractivity contribution is 6.28. The number of ether oxygens (including phenoxy) is 1. The van der Waals surface area contributed by atoms with Crippen molar-refractivity contribution in [2.24, 2.45) is 0 Å². The largest absolute Gasteiger partial charge is 0.457 e. The summed E-state index contributed by atoms with van der Waals surface area (Å²) in [4.78, 5) is 15.0. The number of ketones is 1. The Morgan fingerprint density at radius 1 is 0.700 bits per heavy atom. The first kappa shape index (κ1) is 24.7. The fourth-order valence-corrected chi connectivity index (χ4v) is 2.62. The Bertz CT molecular complexity index is 900. The first-order valence-corrected chi connectivity index (χ1v) is 10.4. The van der Waals surface area contributed by atoms with Gasteiger partial charge in [0.1, 0.15) is 11.5 Å². The maximum absolute atomic E-state index is 13.1. The van der Waals surface area contributed by atoms with E-state index in [0.29, 0.717) is 16.9 Å². The van der Waals surface area contributed by atoms with Crippen molar-refractivity contribution >= 4 is 11.4 Å². The molecule has 0 atom stereocenters. The van der Waals surface area contributed by atoms with Crippen molar-refractivity contribution in [1.29, 1.82) is 0 Å². The molecule has 0 bridgehead atoms. The molecule has 0 saturated carbocycles. The minimum atomic E-state index is -0.0385. The summed E-state index contributed by atoms with van der Waals surface area (Å²) in [5.74, 6) is 1.34. The fraction of sp³-hybridized carbons (Fsp3) is 0.222. The molecule has 0 heterocycles. The molecule has 0 aliphatic carbocycles. The fourth-order valence-electron chi connectivity index (χ4n) is 2.62. The van der Waals surface area contributed by atoms with Gasteiger partial charge in [-0.15, -0.1) is 0 Å². The van der Waals surface area contributed by atoms with E-state index in [0.717, 1.165) is 11.3 Å². The van der Waals surface area contributed by atoms with Crippen LogP contribution in [0.25, 0.3) is 5.57 Å². The van der Waals surface area contributed by atoms with Crippen LogP contribution in [0.15, 0.2) is 91.1 Å². The normalized spacial score (nSPS) is 10.0. The van der Waals surface area contributed by atoms with Crippen molar-refractivity contribution in [2.75, 3.05) is 14.1 Å². The van der Waals surface area contributed by atoms with Crippen LogP contribution in [-0.2, 0) is 0 Å². The second-order valence-corrected chi connectivity index (χ2v) is 6.14. The van der Waals surface area contributed by atoms with Gasteiger partial charge in [0.15, 0.2) is 5.78 Å². The minimum absolute atomic E-state index is 0.0385. The third kappa shape index (κ3) is 7.59. The Labute approximate surface area is 181 Å². The van der Waals surface area contributed by atoms with Crippen LogP contribution in [0.4, 0.5) is 0 Å². The van der Waals surface area contributed by atoms with Gasteiger partial charge in [0.2, 0.25) is 0 Å². The standard InChI is InChI=1S/C23H21NO2.2C2H6/c1-24(2)17-22(18-10-5-3-6-11-18)23(25)19-12-9-15-21(16-19)26-20-13-7-4-8-14-20;2*1-2/h3-17H,1-2H3;2*1-2H3/b22-17+;;. The Morgan fingerprint density at radius 3 is 1.77 bits per heavy atom. The van der Waals surface area contributed by atoms with E-state index < -0.39 is 0 Å². The molecule has 0 N–H and O–H groups in total. The van der Waals surface area contributed by atoms with E-state index in [2.05, 4.69) is 0 Å². The number of hydrogen-bond acceptors (Lipinski definition) is 3. The van der Waals surface area contributed by atoms with Crippen molar-refractivity contribution in [3.63, 3.8) is 0 Å². The van der Waals surface area contributed by atoms with Crippen LogP contribution in [-0.4, -0.2) is 24.8 Å². The van der Waals surface area contributed by atoms with Gasteiger partial charge >= 0.3 is 0 Å². The van der Waals surface area contributed by atoms with Crippen LogP contribution < -0.4 is 4.74 Å². The van der Waals surface area contributed by atoms with E-state index in [4.69, 9.17) is 4.74 Å². The molecular weight excluding hydrogens is 370 g/mol. The van der Waals surface area contributed by atoms with Crippen LogP contribution in [0.1, 0.15) is 43.6 Å². The number of Topliss-reactive ketones (excluding diaryl/α,β-unsaturated/α-hetero) is 1. The molecule has 3 heteroatoms. The number of benzene rings is 3. The number of allylic oxidation sites excluding steroid dienone is 1. The predicted molar refractivity (Wildman–Crippen MR) is 128 cm³/mol. The molecule has 0 radical (unpaired) electrons. The Kier molecular flexibility index (Phi) is 11.3. The average molecular weight is 404 g/mol. The lowest BCUT2D eigenvalue weighted by molar-refractivity contribution is 0.105. The molecule has 0 amide bonds. The number of carbonyl (C=O) groups is 1. The zero-order valence-electron chi connectivity index (χ0n) is 18.9. The van der Waals surface area contributed by atoms with E-state index in [1.807, 2.05) is 132 Å². The van der Waals surface area contributed by atoms with E-state index >= 15 is 0 Å². The number of rotatable bonds is 6. The van der Waals surface area contributed by atoms with Crippen LogP contribution in [0.2, 0.25) is 0 Å². The summed E-state index contributed by atoms with van der Waals surface area (Å²) < 4.78 is 5.85. The van der Waals surface area contributed by atoms with Crippen molar-refractivity contribution in [2.45, 2.75) is 27.7 Å². The van der Waals surface area contributed by atoms with Crippen molar-refractivity contribution in [3.05, 3.63) is 102 Å². The zero-order chi connectivity index (χ0) is 22.4. The summed E-state index contributed by atoms with van der Waals surface area (Å²) >= 11 is 0. The third-order valence-corrected chi connectivity index (χ3v) is 3.79. The van der Waals surface area contributed by atoms with Gasteiger partial charge in [-0.05, 0) is 29.8 Å². The molecule has 0 saturated heterocycles. The molecule has 158 valence electrons. The summed E-state index contributed by atoms with van der Waals surface area (Å²) in [6.45, 7) is 8.00. The smallest absolute Gasteiger partial charge is 0.195 e. The molecule has 0 aromatic heterocycles. The Hall–Kier alpha value is -3.33. The Balaban J connectivity index is 0.00000106. The molecule has 3 rings (SSSR count). The topological polar surface area (TPSA) is 29.5 Å². The highest BCUT2D eigenvalue weighted by atomic mass is 16.5. The van der Waals surface area contributed by atoms with Crippen molar-refractivity contribution < 1.29 is 9.53 Å². The summed E-state index contributed by atoms with van der Waals surface area (Å²) in [7, 11) is 3.82. The number of hydrogen-bond donors (Lipinski definition) is 0. The third-order valence-electron chi connectivity index (χ3n) is 3.79. The van der Waals surface area contributed by atoms with E-state index in [1.54, 1.807) is 6.07 Å². The van der Waals surface area contributed by atoms with Gasteiger partial charge in [0.25, 0.3) is 0 Å². The Morgan fingerprint density at radius 2 is 1.20 bits per heavy atom. The van der Waals surface area contributed by atoms with Crippen LogP contribution in [0.3, 0.4) is 0 Å². The predicted octanol–water partition coefficient (Wildman–Crippen LogP) is 7.32. The monoisotopic (exact) mass is 403 g/mol. The minimum Gasteiger partial charge on any atom is -0.457 e. The van der Waals surface area contributed by atoms with Crippen molar-refractivity contribution in [3.8, 4) is 11.5 Å². The lowest BCUT2D eigenvalue weighted by Gasteiger charge is -2.13. The molecule has 30 heavy (non-hydrogen) atoms. The summed E-state index contributed by atoms with van der Waals surface area (Å²) in [5.41, 5.74) is 2.13. The maximum Gasteiger partial charge on any atom is 0.195 e. The van der Waals surface area contributed by atoms with Gasteiger partial charge in [0, 0.05) is 31.4 Å². The molecule has 3 aromatic carbocycles. The quantitative estimate of drug-likeness (QED) is 0.319. The second kappa shape index (κ2) is 13.8. The molecule has 0 spiro atoms. The van der Waals surface area contributed by atoms with E-state index in [9.17, 15) is 4.79 Å². The lowest BCUT2D eigenvalue weighted by Crippen LogP contribution is -2.09. The van der Waals surface area contributed by atoms with Gasteiger partial charge in [-0.25, -0.2) is 0 Å². The lowest BCUT2D eigenvalue weighted by atomic mass is 9.97. The number of nitrogens with zero attached hydrogens (tertiary/aromatic N) is 1. The van der Waals surface area contributed by atoms with Gasteiger partial charge in [0.05, 0.1) is 0 Å². The van der Waals surface area contributed by atoms with Crippen LogP contribution in [0, 0.1) is 0 Å². The van der Waals surface area contributed by atoms with Gasteiger partial charge < -0.3 is 9.64 Å². The maximum atomic E-state index is 13.1. The molecule has 3 nitrogen and oxygen atoms in total. The van der Waals surface area contributed by atoms with Gasteiger partial charge in [-0.3, -0.25) is 4.79 Å². The number of carbonyl (C=O) groups excluding carboxylic acids is 1. The highest BCUT2D eigenvalue weighted by Crippen LogP contribution is 2.25. The molecule has 0 aliphatic heterocycles. The molecule has 0 unspecified atom stereocenters.